The molecule has 18 heteroatoms. The first kappa shape index (κ1) is 58.9. The number of hydrogen-bond acceptors (Lipinski definition) is 15. The van der Waals surface area contributed by atoms with Crippen LogP contribution in [0.5, 0.6) is 0 Å². The maximum Gasteiger partial charge on any atom is 0.472 e. The predicted molar refractivity (Wildman–Crippen MR) is 241 cm³/mol. The van der Waals surface area contributed by atoms with E-state index in [1.54, 1.807) is 6.92 Å². The Kier molecular flexibility index (Phi) is 36.0. The molecule has 0 spiro atoms. The van der Waals surface area contributed by atoms with Crippen LogP contribution in [0.25, 0.3) is 0 Å². The van der Waals surface area contributed by atoms with Crippen molar-refractivity contribution in [3.63, 3.8) is 0 Å². The Morgan fingerprint density at radius 1 is 0.656 bits per heavy atom. The number of hydrogen-bond donors (Lipinski definition) is 4. The third kappa shape index (κ3) is 38.1. The number of nitrogens with two attached hydrogens (primary N) is 1. The number of carbonyl (C=O) groups is 5. The van der Waals surface area contributed by atoms with Crippen molar-refractivity contribution in [3.05, 3.63) is 0 Å². The monoisotopic (exact) mass is 909 g/mol. The van der Waals surface area contributed by atoms with Crippen molar-refractivity contribution in [2.24, 2.45) is 5.73 Å². The number of nitrogens with zero attached hydrogens (tertiary/aromatic N) is 1. The maximum atomic E-state index is 12.7. The molecule has 0 saturated heterocycles. The number of nitrogens with one attached hydrogen (secondary N) is 2. The van der Waals surface area contributed by atoms with Gasteiger partial charge in [-0.15, -0.1) is 0 Å². The molecule has 61 heavy (non-hydrogen) atoms. The molecule has 0 aliphatic heterocycles. The van der Waals surface area contributed by atoms with Crippen LogP contribution in [0.4, 0.5) is 0 Å². The van der Waals surface area contributed by atoms with Crippen molar-refractivity contribution < 1.29 is 56.7 Å². The molecule has 5 N–H and O–H groups in total. The number of Topliss-reactive ketones (excluding diaryl/α,β-unsaturated/α-hetero) is 2. The number of hydrazine groups is 1. The molecule has 358 valence electrons. The van der Waals surface area contributed by atoms with Crippen molar-refractivity contribution in [2.45, 2.75) is 187 Å². The SMILES string of the molecule is CCCCCCCCCCCCCCCC(=O)OC[C@H](COP(=O)(O)OCCC)OC(=O)CCCCN(C)CCCC[C@H](N)C(=O)C(=O)CNNCC(=O)OCC[Si](C)(C)C. The third-order valence-corrected chi connectivity index (χ3v) is 12.6. The van der Waals surface area contributed by atoms with Crippen LogP contribution in [-0.4, -0.2) is 119 Å². The fourth-order valence-corrected chi connectivity index (χ4v) is 7.62. The van der Waals surface area contributed by atoms with Gasteiger partial charge in [0.05, 0.1) is 32.4 Å². The van der Waals surface area contributed by atoms with Crippen LogP contribution in [0.2, 0.25) is 25.7 Å². The van der Waals surface area contributed by atoms with E-state index in [2.05, 4.69) is 42.3 Å². The Balaban J connectivity index is 4.38. The zero-order chi connectivity index (χ0) is 45.8. The summed E-state index contributed by atoms with van der Waals surface area (Å²) >= 11 is 0. The van der Waals surface area contributed by atoms with Gasteiger partial charge in [0.1, 0.15) is 13.2 Å². The van der Waals surface area contributed by atoms with Gasteiger partial charge in [-0.1, -0.05) is 117 Å². The summed E-state index contributed by atoms with van der Waals surface area (Å²) in [4.78, 5) is 73.6. The van der Waals surface area contributed by atoms with E-state index in [1.807, 2.05) is 7.05 Å². The van der Waals surface area contributed by atoms with E-state index in [9.17, 15) is 33.4 Å². The summed E-state index contributed by atoms with van der Waals surface area (Å²) in [5.41, 5.74) is 11.2. The Bertz CT molecular complexity index is 1240. The molecule has 0 radical (unpaired) electrons. The van der Waals surface area contributed by atoms with Crippen LogP contribution < -0.4 is 16.6 Å². The normalized spacial score (nSPS) is 13.7. The van der Waals surface area contributed by atoms with Crippen LogP contribution in [0.15, 0.2) is 0 Å². The molecule has 0 amide bonds. The molecule has 0 heterocycles. The van der Waals surface area contributed by atoms with Gasteiger partial charge in [-0.05, 0) is 64.7 Å². The van der Waals surface area contributed by atoms with E-state index < -0.39 is 64.1 Å². The van der Waals surface area contributed by atoms with E-state index in [0.717, 1.165) is 38.3 Å². The topological polar surface area (TPSA) is 222 Å². The predicted octanol–water partition coefficient (Wildman–Crippen LogP) is 7.18. The lowest BCUT2D eigenvalue weighted by Gasteiger charge is -2.20. The molecule has 16 nitrogen and oxygen atoms in total. The zero-order valence-electron chi connectivity index (χ0n) is 38.8. The minimum Gasteiger partial charge on any atom is -0.465 e. The first-order chi connectivity index (χ1) is 29.0. The standard InChI is InChI=1S/C43H85N4O12PSi/c1-7-9-10-11-12-13-14-15-16-17-18-19-20-26-40(49)56-35-37(36-58-60(53,54)57-30-8-2)59-41(50)27-22-24-29-47(3)28-23-21-25-38(44)43(52)39(48)33-45-46-34-42(51)55-31-32-61(4,5)6/h37-38,45-46H,7-36,44H2,1-6H3,(H,53,54)/t37-,38+/m1/s1. The molecule has 0 bridgehead atoms. The smallest absolute Gasteiger partial charge is 0.465 e. The van der Waals surface area contributed by atoms with Crippen molar-refractivity contribution >= 4 is 45.4 Å². The van der Waals surface area contributed by atoms with Gasteiger partial charge in [0.25, 0.3) is 0 Å². The van der Waals surface area contributed by atoms with Crippen LogP contribution in [0.3, 0.4) is 0 Å². The summed E-state index contributed by atoms with van der Waals surface area (Å²) in [6.07, 6.45) is 18.3. The third-order valence-electron chi connectivity index (χ3n) is 9.90. The molecule has 0 aliphatic carbocycles. The highest BCUT2D eigenvalue weighted by molar-refractivity contribution is 7.47. The molecule has 0 aromatic carbocycles. The van der Waals surface area contributed by atoms with Gasteiger partial charge < -0.3 is 29.7 Å². The molecule has 3 atom stereocenters. The fourth-order valence-electron chi connectivity index (χ4n) is 6.06. The van der Waals surface area contributed by atoms with Crippen molar-refractivity contribution in [1.29, 1.82) is 0 Å². The van der Waals surface area contributed by atoms with E-state index in [4.69, 9.17) is 29.0 Å². The van der Waals surface area contributed by atoms with E-state index in [0.29, 0.717) is 51.7 Å². The highest BCUT2D eigenvalue weighted by Crippen LogP contribution is 2.43. The molecular weight excluding hydrogens is 824 g/mol. The second kappa shape index (κ2) is 37.3. The fraction of sp³-hybridized carbons (Fsp3) is 0.884. The molecule has 0 rings (SSSR count). The Hall–Kier alpha value is -2.08. The maximum absolute atomic E-state index is 12.7. The van der Waals surface area contributed by atoms with Crippen LogP contribution in [-0.2, 0) is 51.8 Å². The highest BCUT2D eigenvalue weighted by Gasteiger charge is 2.26. The number of phosphoric acid groups is 1. The quantitative estimate of drug-likeness (QED) is 0.00905. The van der Waals surface area contributed by atoms with Gasteiger partial charge in [0, 0.05) is 20.9 Å². The van der Waals surface area contributed by atoms with Crippen LogP contribution in [0, 0.1) is 0 Å². The highest BCUT2D eigenvalue weighted by atomic mass is 31.2. The van der Waals surface area contributed by atoms with Crippen molar-refractivity contribution in [3.8, 4) is 0 Å². The Labute approximate surface area is 368 Å². The second-order valence-electron chi connectivity index (χ2n) is 17.3. The minimum atomic E-state index is -4.37. The Morgan fingerprint density at radius 2 is 1.20 bits per heavy atom. The summed E-state index contributed by atoms with van der Waals surface area (Å²) in [6, 6.07) is -0.0460. The average molecular weight is 909 g/mol. The first-order valence-electron chi connectivity index (χ1n) is 23.1. The molecule has 1 unspecified atom stereocenters. The summed E-state index contributed by atoms with van der Waals surface area (Å²) < 4.78 is 38.2. The molecule has 0 aliphatic rings. The minimum absolute atomic E-state index is 0.0207. The van der Waals surface area contributed by atoms with Gasteiger partial charge in [-0.3, -0.25) is 33.0 Å². The number of ether oxygens (including phenoxy) is 3. The number of esters is 3. The van der Waals surface area contributed by atoms with Crippen LogP contribution in [0.1, 0.15) is 149 Å². The van der Waals surface area contributed by atoms with Crippen molar-refractivity contribution in [1.82, 2.24) is 15.8 Å². The number of ketones is 2. The lowest BCUT2D eigenvalue weighted by Crippen LogP contribution is -2.45. The number of rotatable bonds is 43. The van der Waals surface area contributed by atoms with Gasteiger partial charge in [-0.2, -0.15) is 0 Å². The van der Waals surface area contributed by atoms with Crippen molar-refractivity contribution in [2.75, 3.05) is 59.7 Å². The summed E-state index contributed by atoms with van der Waals surface area (Å²) in [5, 5.41) is 0. The summed E-state index contributed by atoms with van der Waals surface area (Å²) in [5.74, 6) is -2.74. The molecular formula is C43H85N4O12PSi. The van der Waals surface area contributed by atoms with Gasteiger partial charge in [0.2, 0.25) is 11.6 Å². The number of unbranched alkanes of at least 4 members (excludes halogenated alkanes) is 14. The molecule has 0 saturated carbocycles. The Morgan fingerprint density at radius 3 is 1.79 bits per heavy atom. The van der Waals surface area contributed by atoms with Gasteiger partial charge in [-0.25, -0.2) is 15.4 Å². The van der Waals surface area contributed by atoms with Gasteiger partial charge in [0.15, 0.2) is 6.10 Å². The lowest BCUT2D eigenvalue weighted by atomic mass is 10.0. The van der Waals surface area contributed by atoms with Crippen LogP contribution >= 0.6 is 7.82 Å². The molecule has 0 aromatic heterocycles. The number of carbonyl (C=O) groups excluding carboxylic acids is 5. The lowest BCUT2D eigenvalue weighted by molar-refractivity contribution is -0.161. The molecule has 0 aromatic rings. The average Bonchev–Trinajstić information content (AvgIpc) is 3.20. The second-order valence-corrected chi connectivity index (χ2v) is 24.3. The molecule has 0 fully saturated rings. The van der Waals surface area contributed by atoms with E-state index in [1.165, 1.54) is 57.8 Å². The zero-order valence-corrected chi connectivity index (χ0v) is 40.7. The van der Waals surface area contributed by atoms with Gasteiger partial charge >= 0.3 is 25.7 Å². The summed E-state index contributed by atoms with van der Waals surface area (Å²) in [6.45, 7) is 11.2. The largest absolute Gasteiger partial charge is 0.472 e. The first-order valence-corrected chi connectivity index (χ1v) is 28.3. The van der Waals surface area contributed by atoms with E-state index in [-0.39, 0.29) is 39.1 Å². The summed E-state index contributed by atoms with van der Waals surface area (Å²) in [7, 11) is -3.73. The van der Waals surface area contributed by atoms with E-state index >= 15 is 0 Å². The number of phosphoric ester groups is 1.